The third-order valence-electron chi connectivity index (χ3n) is 11.1. The van der Waals surface area contributed by atoms with Crippen LogP contribution in [0.15, 0.2) is 188 Å². The van der Waals surface area contributed by atoms with Crippen molar-refractivity contribution in [3.63, 3.8) is 0 Å². The molecule has 0 radical (unpaired) electrons. The molecule has 7 aromatic carbocycles. The van der Waals surface area contributed by atoms with Gasteiger partial charge >= 0.3 is 0 Å². The number of pyridine rings is 1. The normalized spacial score (nSPS) is 11.9. The number of benzene rings is 7. The average molecular weight is 718 g/mol. The Kier molecular flexibility index (Phi) is 6.50. The molecule has 7 heteroatoms. The van der Waals surface area contributed by atoms with Crippen LogP contribution in [-0.2, 0) is 0 Å². The molecular formula is C49H31N7. The van der Waals surface area contributed by atoms with E-state index in [1.54, 1.807) is 6.20 Å². The molecule has 0 aliphatic heterocycles. The summed E-state index contributed by atoms with van der Waals surface area (Å²) in [6.45, 7) is 0. The Morgan fingerprint density at radius 2 is 0.786 bits per heavy atom. The van der Waals surface area contributed by atoms with E-state index in [-0.39, 0.29) is 0 Å². The quantitative estimate of drug-likeness (QED) is 0.178. The van der Waals surface area contributed by atoms with Gasteiger partial charge in [-0.05, 0) is 106 Å². The van der Waals surface area contributed by atoms with Crippen LogP contribution >= 0.6 is 0 Å². The molecule has 0 atom stereocenters. The minimum Gasteiger partial charge on any atom is -0.278 e. The van der Waals surface area contributed by atoms with Crippen molar-refractivity contribution in [1.29, 1.82) is 0 Å². The zero-order valence-corrected chi connectivity index (χ0v) is 30.0. The summed E-state index contributed by atoms with van der Waals surface area (Å²) in [5.41, 5.74) is 17.1. The van der Waals surface area contributed by atoms with E-state index in [1.165, 1.54) is 22.3 Å². The van der Waals surface area contributed by atoms with Gasteiger partial charge in [-0.1, -0.05) is 109 Å². The molecule has 0 amide bonds. The average Bonchev–Trinajstić information content (AvgIpc) is 4.00. The molecule has 262 valence electrons. The van der Waals surface area contributed by atoms with Gasteiger partial charge in [0.2, 0.25) is 11.6 Å². The summed E-state index contributed by atoms with van der Waals surface area (Å²) >= 11 is 0. The summed E-state index contributed by atoms with van der Waals surface area (Å²) in [4.78, 5) is 14.9. The van der Waals surface area contributed by atoms with Crippen LogP contribution in [0.5, 0.6) is 0 Å². The van der Waals surface area contributed by atoms with E-state index < -0.39 is 0 Å². The first kappa shape index (κ1) is 30.7. The van der Waals surface area contributed by atoms with Crippen molar-refractivity contribution in [3.8, 4) is 44.8 Å². The molecule has 0 spiro atoms. The number of imidazole rings is 4. The van der Waals surface area contributed by atoms with E-state index in [0.717, 1.165) is 78.3 Å². The summed E-state index contributed by atoms with van der Waals surface area (Å²) < 4.78 is 9.04. The lowest BCUT2D eigenvalue weighted by Crippen LogP contribution is -1.95. The number of para-hydroxylation sites is 2. The van der Waals surface area contributed by atoms with Gasteiger partial charge < -0.3 is 0 Å². The smallest absolute Gasteiger partial charge is 0.222 e. The molecule has 12 rings (SSSR count). The molecule has 5 aromatic heterocycles. The molecule has 0 bridgehead atoms. The van der Waals surface area contributed by atoms with Crippen molar-refractivity contribution < 1.29 is 0 Å². The number of hydrogen-bond donors (Lipinski definition) is 0. The van der Waals surface area contributed by atoms with Gasteiger partial charge in [-0.2, -0.15) is 4.98 Å². The van der Waals surface area contributed by atoms with Gasteiger partial charge in [0.25, 0.3) is 0 Å². The Bertz CT molecular complexity index is 3210. The highest BCUT2D eigenvalue weighted by Gasteiger charge is 2.21. The van der Waals surface area contributed by atoms with Gasteiger partial charge in [0.1, 0.15) is 0 Å². The number of aromatic nitrogens is 7. The predicted molar refractivity (Wildman–Crippen MR) is 227 cm³/mol. The fraction of sp³-hybridized carbons (Fsp3) is 0. The number of hydrogen-bond acceptors (Lipinski definition) is 3. The lowest BCUT2D eigenvalue weighted by molar-refractivity contribution is 1.11. The zero-order chi connectivity index (χ0) is 36.7. The second kappa shape index (κ2) is 11.9. The van der Waals surface area contributed by atoms with Crippen molar-refractivity contribution in [3.05, 3.63) is 188 Å². The third kappa shape index (κ3) is 4.55. The molecule has 0 saturated carbocycles. The van der Waals surface area contributed by atoms with Crippen LogP contribution in [0, 0.1) is 0 Å². The van der Waals surface area contributed by atoms with Crippen LogP contribution in [0.3, 0.4) is 0 Å². The molecule has 0 saturated heterocycles. The molecule has 0 fully saturated rings. The van der Waals surface area contributed by atoms with Crippen molar-refractivity contribution in [2.24, 2.45) is 0 Å². The first-order valence-electron chi connectivity index (χ1n) is 18.8. The van der Waals surface area contributed by atoms with E-state index >= 15 is 0 Å². The van der Waals surface area contributed by atoms with Crippen LogP contribution in [0.2, 0.25) is 0 Å². The van der Waals surface area contributed by atoms with Gasteiger partial charge in [-0.25, -0.2) is 9.97 Å². The van der Waals surface area contributed by atoms with Crippen molar-refractivity contribution in [1.82, 2.24) is 32.9 Å². The summed E-state index contributed by atoms with van der Waals surface area (Å²) in [5, 5.41) is 0. The molecule has 0 unspecified atom stereocenters. The van der Waals surface area contributed by atoms with Crippen LogP contribution in [-0.4, -0.2) is 32.9 Å². The van der Waals surface area contributed by atoms with Crippen LogP contribution < -0.4 is 0 Å². The first-order valence-corrected chi connectivity index (χ1v) is 18.8. The molecule has 56 heavy (non-hydrogen) atoms. The maximum atomic E-state index is 5.17. The topological polar surface area (TPSA) is 57.4 Å². The molecule has 0 aliphatic carbocycles. The number of rotatable bonds is 5. The summed E-state index contributed by atoms with van der Waals surface area (Å²) in [5.74, 6) is 1.71. The Labute approximate surface area is 320 Å². The number of fused-ring (bicyclic) bond motifs is 10. The lowest BCUT2D eigenvalue weighted by atomic mass is 10.0. The van der Waals surface area contributed by atoms with Crippen LogP contribution in [0.1, 0.15) is 0 Å². The Hall–Kier alpha value is -7.77. The maximum absolute atomic E-state index is 5.17. The minimum atomic E-state index is 0.721. The highest BCUT2D eigenvalue weighted by Crippen LogP contribution is 2.36. The van der Waals surface area contributed by atoms with Crippen LogP contribution in [0.25, 0.3) is 101 Å². The molecule has 12 aromatic rings. The fourth-order valence-electron chi connectivity index (χ4n) is 8.42. The first-order chi connectivity index (χ1) is 27.8. The maximum Gasteiger partial charge on any atom is 0.222 e. The third-order valence-corrected chi connectivity index (χ3v) is 11.1. The second-order valence-corrected chi connectivity index (χ2v) is 14.2. The van der Waals surface area contributed by atoms with Crippen molar-refractivity contribution in [2.45, 2.75) is 0 Å². The highest BCUT2D eigenvalue weighted by molar-refractivity contribution is 5.97. The van der Waals surface area contributed by atoms with E-state index in [4.69, 9.17) is 9.97 Å². The molecular weight excluding hydrogens is 687 g/mol. The Morgan fingerprint density at radius 1 is 0.321 bits per heavy atom. The molecule has 0 N–H and O–H groups in total. The summed E-state index contributed by atoms with van der Waals surface area (Å²) in [7, 11) is 0. The Morgan fingerprint density at radius 3 is 1.38 bits per heavy atom. The SMILES string of the molecule is c1ccc(-c2ccc(-n3c4ccc(-c5ccc6c(c5)n5c7cccnc7nc5n6-c5ccc(-c6ccccc6)cc5)cc4n4c5ccccc5nc34)cc2)cc1. The largest absolute Gasteiger partial charge is 0.278 e. The molecule has 5 heterocycles. The Balaban J connectivity index is 1.04. The fourth-order valence-corrected chi connectivity index (χ4v) is 8.42. The van der Waals surface area contributed by atoms with Gasteiger partial charge in [0.15, 0.2) is 5.65 Å². The van der Waals surface area contributed by atoms with E-state index in [0.29, 0.717) is 0 Å². The lowest BCUT2D eigenvalue weighted by Gasteiger charge is -2.09. The highest BCUT2D eigenvalue weighted by atomic mass is 15.2. The van der Waals surface area contributed by atoms with Gasteiger partial charge in [-0.15, -0.1) is 0 Å². The molecule has 7 nitrogen and oxygen atoms in total. The van der Waals surface area contributed by atoms with Crippen molar-refractivity contribution in [2.75, 3.05) is 0 Å². The van der Waals surface area contributed by atoms with Crippen LogP contribution in [0.4, 0.5) is 0 Å². The number of nitrogens with zero attached hydrogens (tertiary/aromatic N) is 7. The predicted octanol–water partition coefficient (Wildman–Crippen LogP) is 11.6. The monoisotopic (exact) mass is 717 g/mol. The zero-order valence-electron chi connectivity index (χ0n) is 30.0. The van der Waals surface area contributed by atoms with E-state index in [1.807, 2.05) is 12.1 Å². The summed E-state index contributed by atoms with van der Waals surface area (Å²) in [6.07, 6.45) is 1.81. The van der Waals surface area contributed by atoms with E-state index in [2.05, 4.69) is 193 Å². The van der Waals surface area contributed by atoms with Crippen molar-refractivity contribution >= 4 is 55.8 Å². The standard InChI is InChI=1S/C49H31N7/c1-3-10-32(11-4-1)34-17-23-38(24-18-34)53-42-27-21-36(30-45(42)55-41-15-8-7-14-40(41)51-48(53)55)37-22-28-43-46(31-37)56-44-16-9-29-50-47(44)52-49(56)54(43)39-25-19-35(20-26-39)33-12-5-2-6-13-33/h1-31H. The minimum absolute atomic E-state index is 0.721. The van der Waals surface area contributed by atoms with Gasteiger partial charge in [-0.3, -0.25) is 17.9 Å². The van der Waals surface area contributed by atoms with Gasteiger partial charge in [0.05, 0.1) is 38.6 Å². The molecule has 0 aliphatic rings. The second-order valence-electron chi connectivity index (χ2n) is 14.2. The van der Waals surface area contributed by atoms with Gasteiger partial charge in [0, 0.05) is 17.6 Å². The summed E-state index contributed by atoms with van der Waals surface area (Å²) in [6, 6.07) is 64.4. The van der Waals surface area contributed by atoms with E-state index in [9.17, 15) is 0 Å².